The number of carbonyl (C=O) groups excluding carboxylic acids is 2. The minimum atomic E-state index is -0.620. The van der Waals surface area contributed by atoms with Crippen molar-refractivity contribution in [2.75, 3.05) is 6.54 Å². The first-order valence-corrected chi connectivity index (χ1v) is 9.60. The summed E-state index contributed by atoms with van der Waals surface area (Å²) in [4.78, 5) is 41.1. The number of nitrogens with zero attached hydrogens (tertiary/aromatic N) is 6. The van der Waals surface area contributed by atoms with Gasteiger partial charge in [0.1, 0.15) is 29.0 Å². The highest BCUT2D eigenvalue weighted by molar-refractivity contribution is 6.02. The Morgan fingerprint density at radius 1 is 1.07 bits per heavy atom. The number of aromatic nitrogens is 3. The summed E-state index contributed by atoms with van der Waals surface area (Å²) in [5.41, 5.74) is 2.75. The predicted octanol–water partition coefficient (Wildman–Crippen LogP) is 3.69. The zero-order valence-electron chi connectivity index (χ0n) is 17.3. The third kappa shape index (κ3) is 3.32. The Morgan fingerprint density at radius 3 is 2.23 bits per heavy atom. The fraction of sp³-hybridized carbons (Fsp3) is 0.333. The van der Waals surface area contributed by atoms with E-state index < -0.39 is 5.54 Å². The molecule has 0 radical (unpaired) electrons. The van der Waals surface area contributed by atoms with Crippen molar-refractivity contribution in [3.05, 3.63) is 52.4 Å². The fourth-order valence-electron chi connectivity index (χ4n) is 3.72. The third-order valence-corrected chi connectivity index (χ3v) is 4.98. The third-order valence-electron chi connectivity index (χ3n) is 4.98. The molecule has 0 N–H and O–H groups in total. The van der Waals surface area contributed by atoms with E-state index in [4.69, 9.17) is 0 Å². The van der Waals surface area contributed by atoms with Gasteiger partial charge in [-0.2, -0.15) is 0 Å². The highest BCUT2D eigenvalue weighted by Crippen LogP contribution is 2.32. The van der Waals surface area contributed by atoms with Crippen LogP contribution >= 0.6 is 0 Å². The van der Waals surface area contributed by atoms with E-state index in [0.717, 1.165) is 5.56 Å². The number of amides is 3. The Hall–Kier alpha value is -3.62. The summed E-state index contributed by atoms with van der Waals surface area (Å²) in [7, 11) is 0. The number of nitroso groups, excluding NO2 is 1. The molecule has 0 atom stereocenters. The number of hydrogen-bond acceptors (Lipinski definition) is 6. The molecule has 1 aromatic heterocycles. The second-order valence-electron chi connectivity index (χ2n) is 8.40. The fourth-order valence-corrected chi connectivity index (χ4v) is 3.72. The highest BCUT2D eigenvalue weighted by Gasteiger charge is 2.42. The van der Waals surface area contributed by atoms with Gasteiger partial charge in [-0.15, -0.1) is 19.9 Å². The largest absolute Gasteiger partial charge is 0.328 e. The maximum absolute atomic E-state index is 12.8. The maximum Gasteiger partial charge on any atom is 0.328 e. The molecule has 9 heteroatoms. The molecular formula is C21H22N6O3. The molecule has 3 amide bonds. The van der Waals surface area contributed by atoms with E-state index in [9.17, 15) is 14.5 Å². The van der Waals surface area contributed by atoms with Crippen molar-refractivity contribution in [1.29, 1.82) is 0 Å². The molecule has 30 heavy (non-hydrogen) atoms. The molecule has 0 aliphatic carbocycles. The van der Waals surface area contributed by atoms with Gasteiger partial charge in [0.2, 0.25) is 0 Å². The minimum Gasteiger partial charge on any atom is -0.311 e. The molecule has 154 valence electrons. The number of rotatable bonds is 4. The van der Waals surface area contributed by atoms with Crippen molar-refractivity contribution in [1.82, 2.24) is 24.8 Å². The molecule has 1 saturated heterocycles. The number of aryl methyl sites for hydroxylation is 1. The van der Waals surface area contributed by atoms with Gasteiger partial charge in [0.05, 0.1) is 6.54 Å². The molecule has 2 heterocycles. The van der Waals surface area contributed by atoms with Gasteiger partial charge in [0, 0.05) is 11.1 Å². The van der Waals surface area contributed by atoms with E-state index in [1.165, 1.54) is 14.6 Å². The molecular weight excluding hydrogens is 384 g/mol. The molecule has 9 nitrogen and oxygen atoms in total. The van der Waals surface area contributed by atoms with Crippen LogP contribution in [0.3, 0.4) is 0 Å². The van der Waals surface area contributed by atoms with Crippen molar-refractivity contribution in [3.63, 3.8) is 0 Å². The zero-order valence-corrected chi connectivity index (χ0v) is 17.3. The average Bonchev–Trinajstić information content (AvgIpc) is 3.21. The number of hydrogen-bond donors (Lipinski definition) is 0. The Bertz CT molecular complexity index is 1140. The first-order valence-electron chi connectivity index (χ1n) is 9.60. The van der Waals surface area contributed by atoms with Crippen LogP contribution in [0.5, 0.6) is 0 Å². The second-order valence-corrected chi connectivity index (χ2v) is 8.40. The van der Waals surface area contributed by atoms with Crippen molar-refractivity contribution in [2.24, 2.45) is 5.18 Å². The summed E-state index contributed by atoms with van der Waals surface area (Å²) < 4.78 is 0. The molecule has 0 bridgehead atoms. The normalized spacial score (nSPS) is 14.8. The molecule has 0 saturated carbocycles. The van der Waals surface area contributed by atoms with E-state index >= 15 is 0 Å². The van der Waals surface area contributed by atoms with Crippen LogP contribution in [0, 0.1) is 11.8 Å². The summed E-state index contributed by atoms with van der Waals surface area (Å²) in [6, 6.07) is 10.6. The van der Waals surface area contributed by atoms with Gasteiger partial charge in [-0.25, -0.2) is 4.79 Å². The predicted molar refractivity (Wildman–Crippen MR) is 111 cm³/mol. The lowest BCUT2D eigenvalue weighted by Crippen LogP contribution is -2.46. The van der Waals surface area contributed by atoms with Crippen LogP contribution in [0.25, 0.3) is 16.7 Å². The molecule has 1 aliphatic rings. The van der Waals surface area contributed by atoms with E-state index in [0.29, 0.717) is 22.3 Å². The van der Waals surface area contributed by atoms with Crippen molar-refractivity contribution in [2.45, 2.75) is 39.8 Å². The van der Waals surface area contributed by atoms with Crippen molar-refractivity contribution >= 4 is 28.7 Å². The van der Waals surface area contributed by atoms with Crippen molar-refractivity contribution in [3.8, 4) is 5.69 Å². The Morgan fingerprint density at radius 2 is 1.70 bits per heavy atom. The Balaban J connectivity index is 1.74. The van der Waals surface area contributed by atoms with Crippen LogP contribution < -0.4 is 0 Å². The van der Waals surface area contributed by atoms with Gasteiger partial charge in [-0.05, 0) is 56.6 Å². The van der Waals surface area contributed by atoms with Gasteiger partial charge in [0.25, 0.3) is 5.91 Å². The van der Waals surface area contributed by atoms with Gasteiger partial charge in [0.15, 0.2) is 0 Å². The second kappa shape index (κ2) is 7.01. The van der Waals surface area contributed by atoms with Gasteiger partial charge < -0.3 is 4.90 Å². The molecule has 4 rings (SSSR count). The molecule has 0 unspecified atom stereocenters. The number of benzene rings is 2. The Kier molecular flexibility index (Phi) is 4.60. The van der Waals surface area contributed by atoms with E-state index in [1.807, 2.05) is 52.0 Å². The SMILES string of the molecule is Cc1cc(CN2CC(=O)N(C(C)(C)C)C2=O)c(N=O)c(-n2nc3ccccc3n2)c1. The lowest BCUT2D eigenvalue weighted by atomic mass is 10.1. The monoisotopic (exact) mass is 406 g/mol. The number of urea groups is 1. The summed E-state index contributed by atoms with van der Waals surface area (Å²) in [6.07, 6.45) is 0. The number of fused-ring (bicyclic) bond motifs is 1. The van der Waals surface area contributed by atoms with Crippen molar-refractivity contribution < 1.29 is 9.59 Å². The highest BCUT2D eigenvalue weighted by atomic mass is 16.3. The lowest BCUT2D eigenvalue weighted by Gasteiger charge is -2.29. The quantitative estimate of drug-likeness (QED) is 0.486. The van der Waals surface area contributed by atoms with Crippen LogP contribution in [-0.2, 0) is 11.3 Å². The van der Waals surface area contributed by atoms with Gasteiger partial charge in [-0.1, -0.05) is 18.2 Å². The molecule has 1 aliphatic heterocycles. The molecule has 2 aromatic carbocycles. The zero-order chi connectivity index (χ0) is 21.6. The standard InChI is InChI=1S/C21H22N6O3/c1-13-9-14(11-25-12-18(28)26(20(25)29)21(2,3)4)19(24-30)17(10-13)27-22-15-7-5-6-8-16(15)23-27/h5-10H,11-12H2,1-4H3. The topological polar surface area (TPSA) is 101 Å². The summed E-state index contributed by atoms with van der Waals surface area (Å²) >= 11 is 0. The van der Waals surface area contributed by atoms with Crippen LogP contribution in [0.15, 0.2) is 41.6 Å². The van der Waals surface area contributed by atoms with Gasteiger partial charge >= 0.3 is 6.03 Å². The maximum atomic E-state index is 12.8. The van der Waals surface area contributed by atoms with Crippen LogP contribution in [0.4, 0.5) is 10.5 Å². The first kappa shape index (κ1) is 19.7. The molecule has 3 aromatic rings. The summed E-state index contributed by atoms with van der Waals surface area (Å²) in [5, 5.41) is 12.1. The van der Waals surface area contributed by atoms with E-state index in [2.05, 4.69) is 15.4 Å². The first-order chi connectivity index (χ1) is 14.2. The number of carbonyl (C=O) groups is 2. The molecule has 0 spiro atoms. The molecule has 1 fully saturated rings. The minimum absolute atomic E-state index is 0.0401. The Labute approximate surface area is 173 Å². The summed E-state index contributed by atoms with van der Waals surface area (Å²) in [5.74, 6) is -0.263. The smallest absolute Gasteiger partial charge is 0.311 e. The van der Waals surface area contributed by atoms with Crippen LogP contribution in [-0.4, -0.2) is 48.8 Å². The summed E-state index contributed by atoms with van der Waals surface area (Å²) in [6.45, 7) is 7.36. The van der Waals surface area contributed by atoms with Crippen LogP contribution in [0.1, 0.15) is 31.9 Å². The van der Waals surface area contributed by atoms with E-state index in [1.54, 1.807) is 12.1 Å². The van der Waals surface area contributed by atoms with Crippen LogP contribution in [0.2, 0.25) is 0 Å². The lowest BCUT2D eigenvalue weighted by molar-refractivity contribution is -0.128. The average molecular weight is 406 g/mol. The van der Waals surface area contributed by atoms with E-state index in [-0.39, 0.29) is 30.7 Å². The van der Waals surface area contributed by atoms with Gasteiger partial charge in [-0.3, -0.25) is 9.69 Å². The number of imide groups is 1.